The maximum atomic E-state index is 10.8. The third kappa shape index (κ3) is 3.13. The Morgan fingerprint density at radius 3 is 2.67 bits per heavy atom. The highest BCUT2D eigenvalue weighted by atomic mass is 79.9. The van der Waals surface area contributed by atoms with Gasteiger partial charge >= 0.3 is 0 Å². The largest absolute Gasteiger partial charge is 0.352 e. The number of hydrogen-bond donors (Lipinski definition) is 1. The highest BCUT2D eigenvalue weighted by Gasteiger charge is 2.21. The first kappa shape index (κ1) is 10.0. The Morgan fingerprint density at radius 1 is 1.33 bits per heavy atom. The fourth-order valence-corrected chi connectivity index (χ4v) is 2.41. The average Bonchev–Trinajstić information content (AvgIpc) is 2.16. The SMILES string of the molecule is CC(=O)NC1CCCCCC1Br. The van der Waals surface area contributed by atoms with Crippen molar-refractivity contribution in [3.05, 3.63) is 0 Å². The van der Waals surface area contributed by atoms with E-state index in [1.807, 2.05) is 0 Å². The summed E-state index contributed by atoms with van der Waals surface area (Å²) in [6.07, 6.45) is 6.14. The molecule has 0 saturated heterocycles. The van der Waals surface area contributed by atoms with Crippen LogP contribution in [0.25, 0.3) is 0 Å². The molecule has 0 aromatic carbocycles. The monoisotopic (exact) mass is 233 g/mol. The minimum absolute atomic E-state index is 0.0892. The molecule has 1 aliphatic carbocycles. The van der Waals surface area contributed by atoms with Crippen LogP contribution in [0.3, 0.4) is 0 Å². The molecule has 2 nitrogen and oxygen atoms in total. The molecule has 0 radical (unpaired) electrons. The van der Waals surface area contributed by atoms with Crippen LogP contribution < -0.4 is 5.32 Å². The zero-order chi connectivity index (χ0) is 8.97. The molecular weight excluding hydrogens is 218 g/mol. The smallest absolute Gasteiger partial charge is 0.217 e. The fraction of sp³-hybridized carbons (Fsp3) is 0.889. The lowest BCUT2D eigenvalue weighted by atomic mass is 10.1. The Hall–Kier alpha value is -0.0500. The summed E-state index contributed by atoms with van der Waals surface area (Å²) in [4.78, 5) is 11.3. The molecule has 0 bridgehead atoms. The second-order valence-electron chi connectivity index (χ2n) is 3.46. The van der Waals surface area contributed by atoms with Crippen molar-refractivity contribution in [3.8, 4) is 0 Å². The predicted octanol–water partition coefficient (Wildman–Crippen LogP) is 2.22. The molecule has 0 aromatic rings. The second-order valence-corrected chi connectivity index (χ2v) is 4.64. The van der Waals surface area contributed by atoms with Gasteiger partial charge < -0.3 is 5.32 Å². The van der Waals surface area contributed by atoms with Gasteiger partial charge in [-0.05, 0) is 12.8 Å². The Kier molecular flexibility index (Phi) is 4.06. The molecule has 1 N–H and O–H groups in total. The van der Waals surface area contributed by atoms with Crippen LogP contribution in [0.2, 0.25) is 0 Å². The Morgan fingerprint density at radius 2 is 2.00 bits per heavy atom. The van der Waals surface area contributed by atoms with Crippen molar-refractivity contribution >= 4 is 21.8 Å². The van der Waals surface area contributed by atoms with Crippen molar-refractivity contribution < 1.29 is 4.79 Å². The van der Waals surface area contributed by atoms with Crippen LogP contribution in [-0.4, -0.2) is 16.8 Å². The van der Waals surface area contributed by atoms with Crippen molar-refractivity contribution in [2.24, 2.45) is 0 Å². The van der Waals surface area contributed by atoms with Gasteiger partial charge in [-0.25, -0.2) is 0 Å². The maximum Gasteiger partial charge on any atom is 0.217 e. The standard InChI is InChI=1S/C9H16BrNO/c1-7(12)11-9-6-4-2-3-5-8(9)10/h8-9H,2-6H2,1H3,(H,11,12). The van der Waals surface area contributed by atoms with Crippen LogP contribution in [0.5, 0.6) is 0 Å². The number of nitrogens with one attached hydrogen (secondary N) is 1. The van der Waals surface area contributed by atoms with Crippen LogP contribution >= 0.6 is 15.9 Å². The lowest BCUT2D eigenvalue weighted by Crippen LogP contribution is -2.38. The number of carbonyl (C=O) groups excluding carboxylic acids is 1. The lowest BCUT2D eigenvalue weighted by Gasteiger charge is -2.20. The highest BCUT2D eigenvalue weighted by Crippen LogP contribution is 2.23. The lowest BCUT2D eigenvalue weighted by molar-refractivity contribution is -0.119. The van der Waals surface area contributed by atoms with E-state index in [9.17, 15) is 4.79 Å². The summed E-state index contributed by atoms with van der Waals surface area (Å²) in [7, 11) is 0. The first-order valence-electron chi connectivity index (χ1n) is 4.61. The molecule has 1 rings (SSSR count). The van der Waals surface area contributed by atoms with E-state index in [4.69, 9.17) is 0 Å². The summed E-state index contributed by atoms with van der Waals surface area (Å²) in [6, 6.07) is 0.352. The number of alkyl halides is 1. The third-order valence-electron chi connectivity index (χ3n) is 2.32. The second kappa shape index (κ2) is 4.85. The summed E-state index contributed by atoms with van der Waals surface area (Å²) in [6.45, 7) is 1.59. The minimum Gasteiger partial charge on any atom is -0.352 e. The van der Waals surface area contributed by atoms with Crippen LogP contribution in [0.15, 0.2) is 0 Å². The normalized spacial score (nSPS) is 30.8. The Labute approximate surface area is 82.2 Å². The molecule has 1 amide bonds. The van der Waals surface area contributed by atoms with Gasteiger partial charge in [0.1, 0.15) is 0 Å². The molecule has 0 aliphatic heterocycles. The van der Waals surface area contributed by atoms with Crippen molar-refractivity contribution in [2.75, 3.05) is 0 Å². The summed E-state index contributed by atoms with van der Waals surface area (Å²) < 4.78 is 0. The van der Waals surface area contributed by atoms with Crippen LogP contribution in [0.1, 0.15) is 39.0 Å². The quantitative estimate of drug-likeness (QED) is 0.547. The fourth-order valence-electron chi connectivity index (χ4n) is 1.69. The summed E-state index contributed by atoms with van der Waals surface area (Å²) in [5, 5.41) is 2.99. The maximum absolute atomic E-state index is 10.8. The van der Waals surface area contributed by atoms with Crippen LogP contribution in [0, 0.1) is 0 Å². The van der Waals surface area contributed by atoms with E-state index in [1.54, 1.807) is 6.92 Å². The average molecular weight is 234 g/mol. The van der Waals surface area contributed by atoms with Crippen molar-refractivity contribution in [3.63, 3.8) is 0 Å². The van der Waals surface area contributed by atoms with Gasteiger partial charge in [-0.2, -0.15) is 0 Å². The molecule has 0 heterocycles. The van der Waals surface area contributed by atoms with E-state index in [-0.39, 0.29) is 5.91 Å². The minimum atomic E-state index is 0.0892. The number of rotatable bonds is 1. The highest BCUT2D eigenvalue weighted by molar-refractivity contribution is 9.09. The van der Waals surface area contributed by atoms with E-state index in [0.29, 0.717) is 10.9 Å². The topological polar surface area (TPSA) is 29.1 Å². The zero-order valence-corrected chi connectivity index (χ0v) is 9.06. The first-order valence-corrected chi connectivity index (χ1v) is 5.53. The van der Waals surface area contributed by atoms with Gasteiger partial charge in [-0.1, -0.05) is 35.2 Å². The molecule has 3 heteroatoms. The summed E-state index contributed by atoms with van der Waals surface area (Å²) in [5.41, 5.74) is 0. The van der Waals surface area contributed by atoms with Crippen molar-refractivity contribution in [1.29, 1.82) is 0 Å². The van der Waals surface area contributed by atoms with E-state index in [0.717, 1.165) is 6.42 Å². The van der Waals surface area contributed by atoms with Gasteiger partial charge in [-0.15, -0.1) is 0 Å². The molecule has 12 heavy (non-hydrogen) atoms. The van der Waals surface area contributed by atoms with Gasteiger partial charge in [-0.3, -0.25) is 4.79 Å². The van der Waals surface area contributed by atoms with Gasteiger partial charge in [0.15, 0.2) is 0 Å². The first-order chi connectivity index (χ1) is 5.70. The molecule has 1 saturated carbocycles. The van der Waals surface area contributed by atoms with E-state index >= 15 is 0 Å². The number of amides is 1. The van der Waals surface area contributed by atoms with Gasteiger partial charge in [0.05, 0.1) is 0 Å². The Balaban J connectivity index is 2.41. The van der Waals surface area contributed by atoms with Crippen LogP contribution in [-0.2, 0) is 4.79 Å². The third-order valence-corrected chi connectivity index (χ3v) is 3.42. The summed E-state index contributed by atoms with van der Waals surface area (Å²) >= 11 is 3.62. The van der Waals surface area contributed by atoms with Crippen LogP contribution in [0.4, 0.5) is 0 Å². The van der Waals surface area contributed by atoms with E-state index in [1.165, 1.54) is 25.7 Å². The predicted molar refractivity (Wildman–Crippen MR) is 53.4 cm³/mol. The molecule has 2 atom stereocenters. The Bertz CT molecular complexity index is 161. The molecule has 2 unspecified atom stereocenters. The number of hydrogen-bond acceptors (Lipinski definition) is 1. The van der Waals surface area contributed by atoms with Crippen molar-refractivity contribution in [2.45, 2.75) is 49.9 Å². The van der Waals surface area contributed by atoms with E-state index < -0.39 is 0 Å². The summed E-state index contributed by atoms with van der Waals surface area (Å²) in [5.74, 6) is 0.0892. The molecule has 0 spiro atoms. The number of carbonyl (C=O) groups is 1. The van der Waals surface area contributed by atoms with Gasteiger partial charge in [0.25, 0.3) is 0 Å². The van der Waals surface area contributed by atoms with E-state index in [2.05, 4.69) is 21.2 Å². The van der Waals surface area contributed by atoms with Gasteiger partial charge in [0, 0.05) is 17.8 Å². The molecular formula is C9H16BrNO. The molecule has 1 fully saturated rings. The van der Waals surface area contributed by atoms with Crippen molar-refractivity contribution in [1.82, 2.24) is 5.32 Å². The molecule has 70 valence electrons. The number of halogens is 1. The molecule has 1 aliphatic rings. The molecule has 0 aromatic heterocycles. The zero-order valence-electron chi connectivity index (χ0n) is 7.48. The van der Waals surface area contributed by atoms with Gasteiger partial charge in [0.2, 0.25) is 5.91 Å².